The van der Waals surface area contributed by atoms with Gasteiger partial charge in [0.05, 0.1) is 20.3 Å². The maximum Gasteiger partial charge on any atom is 0.344 e. The summed E-state index contributed by atoms with van der Waals surface area (Å²) in [6, 6.07) is 8.12. The van der Waals surface area contributed by atoms with Crippen molar-refractivity contribution in [3.8, 4) is 0 Å². The van der Waals surface area contributed by atoms with Crippen molar-refractivity contribution in [2.45, 2.75) is 12.5 Å². The van der Waals surface area contributed by atoms with Gasteiger partial charge in [-0.3, -0.25) is 19.8 Å². The molecule has 0 aromatic heterocycles. The molecule has 2 heterocycles. The topological polar surface area (TPSA) is 112 Å². The van der Waals surface area contributed by atoms with Crippen molar-refractivity contribution >= 4 is 23.8 Å². The summed E-state index contributed by atoms with van der Waals surface area (Å²) in [6.07, 6.45) is 0. The van der Waals surface area contributed by atoms with Crippen LogP contribution in [0.4, 0.5) is 4.79 Å². The van der Waals surface area contributed by atoms with Crippen molar-refractivity contribution in [3.05, 3.63) is 35.9 Å². The van der Waals surface area contributed by atoms with Crippen LogP contribution in [0, 0.1) is 0 Å². The summed E-state index contributed by atoms with van der Waals surface area (Å²) in [5.41, 5.74) is 1.72. The summed E-state index contributed by atoms with van der Waals surface area (Å²) in [5.74, 6) is -1.16. The van der Waals surface area contributed by atoms with E-state index in [2.05, 4.69) is 10.7 Å². The van der Waals surface area contributed by atoms with Crippen LogP contribution in [0.3, 0.4) is 0 Å². The molecule has 29 heavy (non-hydrogen) atoms. The second-order valence-corrected chi connectivity index (χ2v) is 7.40. The van der Waals surface area contributed by atoms with Gasteiger partial charge in [-0.05, 0) is 12.5 Å². The predicted octanol–water partition coefficient (Wildman–Crippen LogP) is -2.14. The number of rotatable bonds is 6. The van der Waals surface area contributed by atoms with Crippen molar-refractivity contribution in [3.63, 3.8) is 0 Å². The molecule has 0 aliphatic carbocycles. The number of nitrogens with one attached hydrogen (secondary N) is 3. The number of carbonyl (C=O) groups is 4. The first-order valence-corrected chi connectivity index (χ1v) is 9.50. The molecule has 2 atom stereocenters. The zero-order valence-electron chi connectivity index (χ0n) is 16.6. The number of ether oxygens (including phenoxy) is 1. The Bertz CT molecular complexity index is 795. The number of urea groups is 1. The average Bonchev–Trinajstić information content (AvgIpc) is 2.93. The molecule has 2 fully saturated rings. The number of quaternary nitrogens is 1. The van der Waals surface area contributed by atoms with E-state index in [4.69, 9.17) is 4.74 Å². The molecule has 2 aliphatic rings. The van der Waals surface area contributed by atoms with Gasteiger partial charge in [0.15, 0.2) is 13.1 Å². The molecule has 3 N–H and O–H groups in total. The number of nitrogens with zero attached hydrogens (tertiary/aromatic N) is 2. The van der Waals surface area contributed by atoms with Gasteiger partial charge in [0, 0.05) is 13.1 Å². The Labute approximate surface area is 168 Å². The minimum Gasteiger partial charge on any atom is -0.378 e. The van der Waals surface area contributed by atoms with E-state index in [9.17, 15) is 19.2 Å². The molecule has 5 amide bonds. The van der Waals surface area contributed by atoms with Crippen LogP contribution >= 0.6 is 0 Å². The van der Waals surface area contributed by atoms with Crippen LogP contribution in [0.2, 0.25) is 0 Å². The van der Waals surface area contributed by atoms with Gasteiger partial charge >= 0.3 is 6.03 Å². The van der Waals surface area contributed by atoms with Crippen LogP contribution in [-0.2, 0) is 24.7 Å². The summed E-state index contributed by atoms with van der Waals surface area (Å²) in [5, 5.41) is 3.32. The van der Waals surface area contributed by atoms with Crippen LogP contribution in [0.15, 0.2) is 30.3 Å². The van der Waals surface area contributed by atoms with E-state index in [1.54, 1.807) is 43.1 Å². The number of amides is 5. The van der Waals surface area contributed by atoms with Crippen LogP contribution in [0.1, 0.15) is 12.5 Å². The lowest BCUT2D eigenvalue weighted by Crippen LogP contribution is -3.11. The van der Waals surface area contributed by atoms with E-state index < -0.39 is 23.4 Å². The third-order valence-corrected chi connectivity index (χ3v) is 5.06. The van der Waals surface area contributed by atoms with Gasteiger partial charge in [-0.25, -0.2) is 4.79 Å². The Hall–Kier alpha value is -2.98. The molecule has 3 rings (SSSR count). The number of hydrazine groups is 1. The number of morpholine rings is 1. The van der Waals surface area contributed by atoms with Crippen molar-refractivity contribution in [2.75, 3.05) is 46.4 Å². The number of imide groups is 1. The van der Waals surface area contributed by atoms with Crippen LogP contribution in [0.25, 0.3) is 0 Å². The van der Waals surface area contributed by atoms with Gasteiger partial charge in [0.2, 0.25) is 0 Å². The fraction of sp³-hybridized carbons (Fsp3) is 0.474. The number of benzene rings is 1. The van der Waals surface area contributed by atoms with Gasteiger partial charge in [-0.2, -0.15) is 5.01 Å². The van der Waals surface area contributed by atoms with Gasteiger partial charge in [-0.15, -0.1) is 0 Å². The first-order valence-electron chi connectivity index (χ1n) is 9.50. The molecule has 0 bridgehead atoms. The molecule has 10 heteroatoms. The quantitative estimate of drug-likeness (QED) is 0.469. The molecular weight excluding hydrogens is 378 g/mol. The molecule has 2 saturated heterocycles. The zero-order valence-corrected chi connectivity index (χ0v) is 16.6. The van der Waals surface area contributed by atoms with E-state index in [-0.39, 0.29) is 19.0 Å². The van der Waals surface area contributed by atoms with Gasteiger partial charge in [0.25, 0.3) is 17.7 Å². The molecule has 2 aliphatic heterocycles. The van der Waals surface area contributed by atoms with Gasteiger partial charge in [0.1, 0.15) is 5.54 Å². The second kappa shape index (κ2) is 8.58. The Morgan fingerprint density at radius 1 is 1.17 bits per heavy atom. The van der Waals surface area contributed by atoms with Crippen molar-refractivity contribution in [1.82, 2.24) is 20.7 Å². The summed E-state index contributed by atoms with van der Waals surface area (Å²) >= 11 is 0. The lowest BCUT2D eigenvalue weighted by atomic mass is 9.92. The van der Waals surface area contributed by atoms with E-state index >= 15 is 0 Å². The first-order chi connectivity index (χ1) is 13.8. The highest BCUT2D eigenvalue weighted by Gasteiger charge is 2.50. The molecular formula is C19H26N5O5+. The Kier molecular flexibility index (Phi) is 6.14. The largest absolute Gasteiger partial charge is 0.378 e. The van der Waals surface area contributed by atoms with Gasteiger partial charge < -0.3 is 19.9 Å². The minimum atomic E-state index is -1.25. The van der Waals surface area contributed by atoms with Crippen LogP contribution < -0.4 is 15.6 Å². The highest BCUT2D eigenvalue weighted by atomic mass is 16.5. The highest BCUT2D eigenvalue weighted by Crippen LogP contribution is 2.27. The first kappa shape index (κ1) is 20.7. The van der Waals surface area contributed by atoms with E-state index in [1.165, 1.54) is 0 Å². The maximum absolute atomic E-state index is 12.8. The fourth-order valence-electron chi connectivity index (χ4n) is 3.39. The molecule has 1 unspecified atom stereocenters. The Balaban J connectivity index is 1.55. The monoisotopic (exact) mass is 404 g/mol. The fourth-order valence-corrected chi connectivity index (χ4v) is 3.39. The standard InChI is InChI=1S/C19H25N5O5/c1-19(14-6-4-3-5-7-14)17(27)24(18(28)20-19)21-15(25)12-22(2)13-16(26)23-8-10-29-11-9-23/h3-7H,8-13H2,1-2H3,(H,20,28)(H,21,25)/p+1/t19-/m0/s1. The molecule has 0 spiro atoms. The lowest BCUT2D eigenvalue weighted by Gasteiger charge is -2.27. The van der Waals surface area contributed by atoms with E-state index in [0.29, 0.717) is 41.8 Å². The summed E-state index contributed by atoms with van der Waals surface area (Å²) < 4.78 is 5.22. The van der Waals surface area contributed by atoms with Crippen LogP contribution in [0.5, 0.6) is 0 Å². The van der Waals surface area contributed by atoms with Crippen molar-refractivity contribution in [1.29, 1.82) is 0 Å². The van der Waals surface area contributed by atoms with Crippen molar-refractivity contribution in [2.24, 2.45) is 0 Å². The second-order valence-electron chi connectivity index (χ2n) is 7.40. The molecule has 1 aromatic carbocycles. The average molecular weight is 404 g/mol. The third-order valence-electron chi connectivity index (χ3n) is 5.06. The predicted molar refractivity (Wildman–Crippen MR) is 101 cm³/mol. The summed E-state index contributed by atoms with van der Waals surface area (Å²) in [7, 11) is 1.71. The SMILES string of the molecule is C[NH+](CC(=O)NN1C(=O)N[C@@](C)(c2ccccc2)C1=O)CC(=O)N1CCOCC1. The molecule has 0 saturated carbocycles. The normalized spacial score (nSPS) is 23.0. The molecule has 1 aromatic rings. The number of hydrogen-bond donors (Lipinski definition) is 3. The molecule has 10 nitrogen and oxygen atoms in total. The van der Waals surface area contributed by atoms with Crippen molar-refractivity contribution < 1.29 is 28.8 Å². The van der Waals surface area contributed by atoms with Gasteiger partial charge in [-0.1, -0.05) is 30.3 Å². The number of carbonyl (C=O) groups excluding carboxylic acids is 4. The Morgan fingerprint density at radius 3 is 2.48 bits per heavy atom. The van der Waals surface area contributed by atoms with Crippen LogP contribution in [-0.4, -0.2) is 80.1 Å². The summed E-state index contributed by atoms with van der Waals surface area (Å²) in [6.45, 7) is 3.77. The number of hydrogen-bond acceptors (Lipinski definition) is 5. The third kappa shape index (κ3) is 4.54. The lowest BCUT2D eigenvalue weighted by molar-refractivity contribution is -0.863. The zero-order chi connectivity index (χ0) is 21.0. The maximum atomic E-state index is 12.8. The van der Waals surface area contributed by atoms with E-state index in [1.807, 2.05) is 6.07 Å². The highest BCUT2D eigenvalue weighted by molar-refractivity contribution is 6.08. The summed E-state index contributed by atoms with van der Waals surface area (Å²) in [4.78, 5) is 52.0. The smallest absolute Gasteiger partial charge is 0.344 e. The molecule has 156 valence electrons. The Morgan fingerprint density at radius 2 is 1.83 bits per heavy atom. The minimum absolute atomic E-state index is 0.0603. The molecule has 0 radical (unpaired) electrons. The number of likely N-dealkylation sites (N-methyl/N-ethyl adjacent to an activating group) is 1. The van der Waals surface area contributed by atoms with E-state index in [0.717, 1.165) is 0 Å².